The van der Waals surface area contributed by atoms with Crippen LogP contribution in [-0.2, 0) is 21.8 Å². The summed E-state index contributed by atoms with van der Waals surface area (Å²) in [5, 5.41) is 20.5. The van der Waals surface area contributed by atoms with Gasteiger partial charge >= 0.3 is 5.91 Å². The smallest absolute Gasteiger partial charge is 0.301 e. The van der Waals surface area contributed by atoms with E-state index in [1.165, 1.54) is 30.0 Å². The average molecular weight is 594 g/mol. The number of nitrogens with zero attached hydrogens (tertiary/aromatic N) is 3. The molecule has 1 aromatic heterocycles. The zero-order valence-corrected chi connectivity index (χ0v) is 23.4. The molecule has 0 aliphatic carbocycles. The molecule has 4 aromatic rings. The second kappa shape index (κ2) is 10.7. The standard InChI is InChI=1S/C29H21ClFN3O4S2/c1-15-12-18-13-16(10-11-22(18)38-15)25(35)23-24(19-7-3-5-9-21(19)31)34(27(37)26(23)36)28-32-33-29(40-28)39-14-17-6-2-4-8-20(17)30/h2-11,13,15,24,35H,12,14H2,1H3/b25-23-. The van der Waals surface area contributed by atoms with Crippen molar-refractivity contribution in [3.05, 3.63) is 105 Å². The van der Waals surface area contributed by atoms with E-state index in [9.17, 15) is 14.7 Å². The molecule has 1 amide bonds. The van der Waals surface area contributed by atoms with Crippen LogP contribution in [0.3, 0.4) is 0 Å². The predicted molar refractivity (Wildman–Crippen MR) is 152 cm³/mol. The van der Waals surface area contributed by atoms with E-state index in [4.69, 9.17) is 16.3 Å². The zero-order chi connectivity index (χ0) is 28.0. The molecule has 6 rings (SSSR count). The van der Waals surface area contributed by atoms with Crippen LogP contribution in [0, 0.1) is 5.82 Å². The minimum atomic E-state index is -1.24. The number of aliphatic hydroxyl groups excluding tert-OH is 1. The number of anilines is 1. The number of carbonyl (C=O) groups is 2. The Labute approximate surface area is 242 Å². The topological polar surface area (TPSA) is 92.6 Å². The minimum absolute atomic E-state index is 0.0150. The molecular weight excluding hydrogens is 573 g/mol. The van der Waals surface area contributed by atoms with Crippen molar-refractivity contribution in [1.82, 2.24) is 10.2 Å². The summed E-state index contributed by atoms with van der Waals surface area (Å²) >= 11 is 8.74. The first-order valence-electron chi connectivity index (χ1n) is 12.4. The van der Waals surface area contributed by atoms with Crippen molar-refractivity contribution >= 4 is 57.3 Å². The van der Waals surface area contributed by atoms with Gasteiger partial charge < -0.3 is 9.84 Å². The Bertz CT molecular complexity index is 1690. The van der Waals surface area contributed by atoms with Gasteiger partial charge in [-0.2, -0.15) is 0 Å². The van der Waals surface area contributed by atoms with Gasteiger partial charge in [0.1, 0.15) is 29.5 Å². The van der Waals surface area contributed by atoms with Crippen LogP contribution in [0.2, 0.25) is 5.02 Å². The van der Waals surface area contributed by atoms with E-state index in [1.807, 2.05) is 25.1 Å². The number of aliphatic hydroxyl groups is 1. The number of ketones is 1. The number of fused-ring (bicyclic) bond motifs is 1. The molecular formula is C29H21ClFN3O4S2. The van der Waals surface area contributed by atoms with Crippen LogP contribution in [0.1, 0.15) is 35.2 Å². The second-order valence-electron chi connectivity index (χ2n) is 9.38. The molecule has 1 saturated heterocycles. The highest BCUT2D eigenvalue weighted by molar-refractivity contribution is 8.00. The summed E-state index contributed by atoms with van der Waals surface area (Å²) < 4.78 is 21.5. The first-order valence-corrected chi connectivity index (χ1v) is 14.5. The molecule has 7 nitrogen and oxygen atoms in total. The molecule has 202 valence electrons. The molecule has 1 fully saturated rings. The van der Waals surface area contributed by atoms with Gasteiger partial charge in [0.05, 0.1) is 5.57 Å². The third-order valence-electron chi connectivity index (χ3n) is 6.72. The Morgan fingerprint density at radius 3 is 2.73 bits per heavy atom. The van der Waals surface area contributed by atoms with E-state index >= 15 is 4.39 Å². The van der Waals surface area contributed by atoms with Crippen molar-refractivity contribution in [2.45, 2.75) is 35.6 Å². The molecule has 40 heavy (non-hydrogen) atoms. The van der Waals surface area contributed by atoms with Gasteiger partial charge in [-0.1, -0.05) is 71.1 Å². The number of rotatable bonds is 6. The number of halogens is 2. The number of amides is 1. The van der Waals surface area contributed by atoms with E-state index in [0.717, 1.165) is 27.4 Å². The van der Waals surface area contributed by atoms with Gasteiger partial charge in [-0.15, -0.1) is 10.2 Å². The van der Waals surface area contributed by atoms with Gasteiger partial charge in [-0.05, 0) is 48.4 Å². The summed E-state index contributed by atoms with van der Waals surface area (Å²) in [4.78, 5) is 27.9. The van der Waals surface area contributed by atoms with Crippen molar-refractivity contribution < 1.29 is 23.8 Å². The van der Waals surface area contributed by atoms with Crippen LogP contribution in [0.4, 0.5) is 9.52 Å². The number of Topliss-reactive ketones (excluding diaryl/α,β-unsaturated/α-hetero) is 1. The fourth-order valence-corrected chi connectivity index (χ4v) is 7.01. The van der Waals surface area contributed by atoms with Crippen molar-refractivity contribution in [3.63, 3.8) is 0 Å². The molecule has 0 radical (unpaired) electrons. The van der Waals surface area contributed by atoms with E-state index in [2.05, 4.69) is 10.2 Å². The Kier molecular flexibility index (Phi) is 7.07. The Morgan fingerprint density at radius 2 is 1.93 bits per heavy atom. The summed E-state index contributed by atoms with van der Waals surface area (Å²) in [5.41, 5.74) is 1.96. The molecule has 2 unspecified atom stereocenters. The van der Waals surface area contributed by atoms with Crippen LogP contribution < -0.4 is 9.64 Å². The van der Waals surface area contributed by atoms with Crippen molar-refractivity contribution in [1.29, 1.82) is 0 Å². The number of thioether (sulfide) groups is 1. The molecule has 0 spiro atoms. The third kappa shape index (κ3) is 4.76. The van der Waals surface area contributed by atoms with Crippen molar-refractivity contribution in [2.75, 3.05) is 4.90 Å². The zero-order valence-electron chi connectivity index (χ0n) is 21.0. The van der Waals surface area contributed by atoms with Crippen LogP contribution in [-0.4, -0.2) is 33.1 Å². The van der Waals surface area contributed by atoms with E-state index in [-0.39, 0.29) is 22.4 Å². The summed E-state index contributed by atoms with van der Waals surface area (Å²) in [6.45, 7) is 1.94. The Hall–Kier alpha value is -3.73. The van der Waals surface area contributed by atoms with Crippen LogP contribution in [0.25, 0.3) is 5.76 Å². The maximum Gasteiger partial charge on any atom is 0.301 e. The monoisotopic (exact) mass is 593 g/mol. The molecule has 3 aromatic carbocycles. The number of benzene rings is 3. The molecule has 2 atom stereocenters. The fraction of sp³-hybridized carbons (Fsp3) is 0.172. The second-order valence-corrected chi connectivity index (χ2v) is 12.0. The number of hydrogen-bond acceptors (Lipinski definition) is 8. The van der Waals surface area contributed by atoms with Crippen LogP contribution in [0.15, 0.2) is 76.6 Å². The van der Waals surface area contributed by atoms with Crippen LogP contribution >= 0.6 is 34.7 Å². The molecule has 1 N–H and O–H groups in total. The fourth-order valence-electron chi connectivity index (χ4n) is 4.86. The molecule has 11 heteroatoms. The lowest BCUT2D eigenvalue weighted by molar-refractivity contribution is -0.132. The van der Waals surface area contributed by atoms with Gasteiger partial charge in [-0.3, -0.25) is 14.5 Å². The van der Waals surface area contributed by atoms with Gasteiger partial charge in [0.2, 0.25) is 5.13 Å². The van der Waals surface area contributed by atoms with E-state index in [1.54, 1.807) is 30.3 Å². The maximum absolute atomic E-state index is 15.2. The lowest BCUT2D eigenvalue weighted by Gasteiger charge is -2.22. The lowest BCUT2D eigenvalue weighted by atomic mass is 9.94. The molecule has 3 heterocycles. The number of ether oxygens (including phenoxy) is 1. The van der Waals surface area contributed by atoms with Gasteiger partial charge in [0.15, 0.2) is 4.34 Å². The quantitative estimate of drug-likeness (QED) is 0.0888. The first-order chi connectivity index (χ1) is 19.3. The van der Waals surface area contributed by atoms with Gasteiger partial charge in [-0.25, -0.2) is 4.39 Å². The van der Waals surface area contributed by atoms with Gasteiger partial charge in [0, 0.05) is 28.3 Å². The molecule has 0 saturated carbocycles. The third-order valence-corrected chi connectivity index (χ3v) is 9.20. The summed E-state index contributed by atoms with van der Waals surface area (Å²) in [6.07, 6.45) is 0.625. The molecule has 0 bridgehead atoms. The van der Waals surface area contributed by atoms with E-state index in [0.29, 0.717) is 32.8 Å². The number of carbonyl (C=O) groups excluding carboxylic acids is 2. The maximum atomic E-state index is 15.2. The van der Waals surface area contributed by atoms with Crippen molar-refractivity contribution in [3.8, 4) is 5.75 Å². The highest BCUT2D eigenvalue weighted by atomic mass is 35.5. The largest absolute Gasteiger partial charge is 0.507 e. The first kappa shape index (κ1) is 26.5. The highest BCUT2D eigenvalue weighted by Crippen LogP contribution is 2.45. The number of hydrogen-bond donors (Lipinski definition) is 1. The highest BCUT2D eigenvalue weighted by Gasteiger charge is 2.49. The Balaban J connectivity index is 1.40. The predicted octanol–water partition coefficient (Wildman–Crippen LogP) is 6.57. The minimum Gasteiger partial charge on any atom is -0.507 e. The van der Waals surface area contributed by atoms with Crippen LogP contribution in [0.5, 0.6) is 5.75 Å². The normalized spacial score (nSPS) is 19.6. The summed E-state index contributed by atoms with van der Waals surface area (Å²) in [6, 6.07) is 17.1. The van der Waals surface area contributed by atoms with Crippen molar-refractivity contribution in [2.24, 2.45) is 0 Å². The SMILES string of the molecule is CC1Cc2cc(/C(O)=C3/C(=O)C(=O)N(c4nnc(SCc5ccccc5Cl)s4)C3c3ccccc3F)ccc2O1. The number of aromatic nitrogens is 2. The Morgan fingerprint density at radius 1 is 1.15 bits per heavy atom. The van der Waals surface area contributed by atoms with Gasteiger partial charge in [0.25, 0.3) is 5.78 Å². The summed E-state index contributed by atoms with van der Waals surface area (Å²) in [7, 11) is 0. The average Bonchev–Trinajstić information content (AvgIpc) is 3.63. The molecule has 2 aliphatic rings. The molecule has 2 aliphatic heterocycles. The summed E-state index contributed by atoms with van der Waals surface area (Å²) in [5.74, 6) is -1.66. The van der Waals surface area contributed by atoms with E-state index < -0.39 is 29.3 Å². The lowest BCUT2D eigenvalue weighted by Crippen LogP contribution is -2.29.